The van der Waals surface area contributed by atoms with E-state index in [2.05, 4.69) is 6.07 Å². The van der Waals surface area contributed by atoms with E-state index < -0.39 is 5.97 Å². The molecule has 0 unspecified atom stereocenters. The Morgan fingerprint density at radius 2 is 1.82 bits per heavy atom. The molecule has 1 aromatic carbocycles. The minimum Gasteiger partial charge on any atom is -0.481 e. The van der Waals surface area contributed by atoms with E-state index in [0.29, 0.717) is 25.0 Å². The Hall–Kier alpha value is -2.35. The Morgan fingerprint density at radius 1 is 1.18 bits per heavy atom. The summed E-state index contributed by atoms with van der Waals surface area (Å²) in [6, 6.07) is 9.18. The van der Waals surface area contributed by atoms with Crippen LogP contribution in [0.1, 0.15) is 37.7 Å². The predicted molar refractivity (Wildman–Crippen MR) is 79.1 cm³/mol. The first kappa shape index (κ1) is 16.0. The molecule has 5 nitrogen and oxygen atoms in total. The van der Waals surface area contributed by atoms with E-state index in [0.717, 1.165) is 18.4 Å². The highest BCUT2D eigenvalue weighted by molar-refractivity contribution is 5.75. The number of carboxylic acid groups (broad SMARTS) is 1. The Balaban J connectivity index is 1.84. The maximum atomic E-state index is 12.1. The Kier molecular flexibility index (Phi) is 5.54. The standard InChI is InChI=1S/C17H19NO4/c18-11-13-1-6-14(7-2-13)17(21)22-15-8-3-12(4-9-15)5-10-16(19)20/h3-4,8-9,13-14H,1-2,5-7,10H2,(H,19,20). The third-order valence-corrected chi connectivity index (χ3v) is 4.01. The van der Waals surface area contributed by atoms with Crippen LogP contribution in [0.5, 0.6) is 5.75 Å². The van der Waals surface area contributed by atoms with Crippen molar-refractivity contribution in [3.8, 4) is 11.8 Å². The summed E-state index contributed by atoms with van der Waals surface area (Å²) in [6.45, 7) is 0. The number of hydrogen-bond donors (Lipinski definition) is 1. The summed E-state index contributed by atoms with van der Waals surface area (Å²) in [6.07, 6.45) is 3.46. The zero-order valence-electron chi connectivity index (χ0n) is 12.3. The number of nitriles is 1. The molecule has 1 aliphatic rings. The van der Waals surface area contributed by atoms with Crippen LogP contribution in [0, 0.1) is 23.2 Å². The lowest BCUT2D eigenvalue weighted by Crippen LogP contribution is -2.25. The van der Waals surface area contributed by atoms with E-state index in [4.69, 9.17) is 15.1 Å². The van der Waals surface area contributed by atoms with Crippen molar-refractivity contribution in [2.24, 2.45) is 11.8 Å². The summed E-state index contributed by atoms with van der Waals surface area (Å²) in [5, 5.41) is 17.5. The molecular weight excluding hydrogens is 282 g/mol. The third-order valence-electron chi connectivity index (χ3n) is 4.01. The van der Waals surface area contributed by atoms with Gasteiger partial charge in [-0.25, -0.2) is 0 Å². The fourth-order valence-corrected chi connectivity index (χ4v) is 2.63. The Morgan fingerprint density at radius 3 is 2.36 bits per heavy atom. The summed E-state index contributed by atoms with van der Waals surface area (Å²) >= 11 is 0. The van der Waals surface area contributed by atoms with Crippen LogP contribution >= 0.6 is 0 Å². The molecule has 1 aromatic rings. The molecule has 2 rings (SSSR count). The number of aliphatic carboxylic acids is 1. The van der Waals surface area contributed by atoms with Gasteiger partial charge in [-0.15, -0.1) is 0 Å². The van der Waals surface area contributed by atoms with Crippen molar-refractivity contribution in [3.05, 3.63) is 29.8 Å². The number of ether oxygens (including phenoxy) is 1. The lowest BCUT2D eigenvalue weighted by atomic mass is 9.83. The van der Waals surface area contributed by atoms with Crippen LogP contribution in [0.15, 0.2) is 24.3 Å². The largest absolute Gasteiger partial charge is 0.481 e. The zero-order chi connectivity index (χ0) is 15.9. The van der Waals surface area contributed by atoms with Crippen LogP contribution < -0.4 is 4.74 Å². The number of carbonyl (C=O) groups is 2. The van der Waals surface area contributed by atoms with Gasteiger partial charge in [-0.3, -0.25) is 9.59 Å². The van der Waals surface area contributed by atoms with Crippen molar-refractivity contribution in [1.29, 1.82) is 5.26 Å². The van der Waals surface area contributed by atoms with Gasteiger partial charge in [0, 0.05) is 12.3 Å². The number of carbonyl (C=O) groups excluding carboxylic acids is 1. The summed E-state index contributed by atoms with van der Waals surface area (Å²) in [5.74, 6) is -0.654. The number of carboxylic acids is 1. The molecular formula is C17H19NO4. The second-order valence-corrected chi connectivity index (χ2v) is 5.64. The molecule has 22 heavy (non-hydrogen) atoms. The number of nitrogens with zero attached hydrogens (tertiary/aromatic N) is 1. The summed E-state index contributed by atoms with van der Waals surface area (Å²) < 4.78 is 5.37. The fraction of sp³-hybridized carbons (Fsp3) is 0.471. The van der Waals surface area contributed by atoms with Crippen LogP contribution in [0.3, 0.4) is 0 Å². The highest BCUT2D eigenvalue weighted by Gasteiger charge is 2.27. The molecule has 1 N–H and O–H groups in total. The normalized spacial score (nSPS) is 20.9. The molecule has 1 fully saturated rings. The molecule has 0 amide bonds. The molecule has 0 spiro atoms. The van der Waals surface area contributed by atoms with Gasteiger partial charge in [0.2, 0.25) is 0 Å². The second-order valence-electron chi connectivity index (χ2n) is 5.64. The van der Waals surface area contributed by atoms with Crippen LogP contribution in [-0.2, 0) is 16.0 Å². The number of benzene rings is 1. The SMILES string of the molecule is N#CC1CCC(C(=O)Oc2ccc(CCC(=O)O)cc2)CC1. The smallest absolute Gasteiger partial charge is 0.314 e. The molecule has 0 bridgehead atoms. The molecule has 0 aromatic heterocycles. The number of hydrogen-bond acceptors (Lipinski definition) is 4. The second kappa shape index (κ2) is 7.60. The van der Waals surface area contributed by atoms with Crippen molar-refractivity contribution in [2.45, 2.75) is 38.5 Å². The predicted octanol–water partition coefficient (Wildman–Crippen LogP) is 2.94. The minimum atomic E-state index is -0.830. The first-order chi connectivity index (χ1) is 10.6. The van der Waals surface area contributed by atoms with Crippen LogP contribution in [0.2, 0.25) is 0 Å². The zero-order valence-corrected chi connectivity index (χ0v) is 12.3. The maximum absolute atomic E-state index is 12.1. The van der Waals surface area contributed by atoms with Gasteiger partial charge in [0.05, 0.1) is 12.0 Å². The molecule has 116 valence electrons. The van der Waals surface area contributed by atoms with Crippen molar-refractivity contribution in [3.63, 3.8) is 0 Å². The molecule has 0 aliphatic heterocycles. The molecule has 1 aliphatic carbocycles. The third kappa shape index (κ3) is 4.59. The molecule has 0 saturated heterocycles. The summed E-state index contributed by atoms with van der Waals surface area (Å²) in [5.41, 5.74) is 0.900. The van der Waals surface area contributed by atoms with E-state index >= 15 is 0 Å². The Bertz CT molecular complexity index is 565. The summed E-state index contributed by atoms with van der Waals surface area (Å²) in [7, 11) is 0. The van der Waals surface area contributed by atoms with Crippen molar-refractivity contribution >= 4 is 11.9 Å². The van der Waals surface area contributed by atoms with Gasteiger partial charge in [-0.1, -0.05) is 12.1 Å². The lowest BCUT2D eigenvalue weighted by molar-refractivity contribution is -0.140. The van der Waals surface area contributed by atoms with E-state index in [-0.39, 0.29) is 24.2 Å². The van der Waals surface area contributed by atoms with Gasteiger partial charge in [0.1, 0.15) is 5.75 Å². The quantitative estimate of drug-likeness (QED) is 0.667. The number of aryl methyl sites for hydroxylation is 1. The van der Waals surface area contributed by atoms with Gasteiger partial charge >= 0.3 is 11.9 Å². The molecule has 0 heterocycles. The lowest BCUT2D eigenvalue weighted by Gasteiger charge is -2.23. The Labute approximate surface area is 129 Å². The molecule has 5 heteroatoms. The minimum absolute atomic E-state index is 0.0672. The van der Waals surface area contributed by atoms with Crippen molar-refractivity contribution in [1.82, 2.24) is 0 Å². The van der Waals surface area contributed by atoms with Crippen LogP contribution in [-0.4, -0.2) is 17.0 Å². The topological polar surface area (TPSA) is 87.4 Å². The molecule has 0 radical (unpaired) electrons. The first-order valence-corrected chi connectivity index (χ1v) is 7.50. The van der Waals surface area contributed by atoms with E-state index in [9.17, 15) is 9.59 Å². The number of rotatable bonds is 5. The highest BCUT2D eigenvalue weighted by Crippen LogP contribution is 2.29. The average molecular weight is 301 g/mol. The first-order valence-electron chi connectivity index (χ1n) is 7.50. The maximum Gasteiger partial charge on any atom is 0.314 e. The monoisotopic (exact) mass is 301 g/mol. The van der Waals surface area contributed by atoms with Crippen LogP contribution in [0.25, 0.3) is 0 Å². The van der Waals surface area contributed by atoms with Gasteiger partial charge in [-0.2, -0.15) is 5.26 Å². The van der Waals surface area contributed by atoms with E-state index in [1.807, 2.05) is 0 Å². The van der Waals surface area contributed by atoms with Crippen LogP contribution in [0.4, 0.5) is 0 Å². The van der Waals surface area contributed by atoms with Gasteiger partial charge in [0.15, 0.2) is 0 Å². The van der Waals surface area contributed by atoms with Crippen molar-refractivity contribution in [2.75, 3.05) is 0 Å². The molecule has 1 saturated carbocycles. The molecule has 0 atom stereocenters. The van der Waals surface area contributed by atoms with Gasteiger partial charge < -0.3 is 9.84 Å². The van der Waals surface area contributed by atoms with Gasteiger partial charge in [-0.05, 0) is 49.8 Å². The summed E-state index contributed by atoms with van der Waals surface area (Å²) in [4.78, 5) is 22.6. The highest BCUT2D eigenvalue weighted by atomic mass is 16.5. The average Bonchev–Trinajstić information content (AvgIpc) is 2.54. The van der Waals surface area contributed by atoms with Gasteiger partial charge in [0.25, 0.3) is 0 Å². The van der Waals surface area contributed by atoms with E-state index in [1.54, 1.807) is 24.3 Å². The number of esters is 1. The fourth-order valence-electron chi connectivity index (χ4n) is 2.63. The van der Waals surface area contributed by atoms with Crippen molar-refractivity contribution < 1.29 is 19.4 Å². The van der Waals surface area contributed by atoms with E-state index in [1.165, 1.54) is 0 Å².